The third-order valence-corrected chi connectivity index (χ3v) is 2.28. The predicted octanol–water partition coefficient (Wildman–Crippen LogP) is -1.95. The Hall–Kier alpha value is -1.96. The van der Waals surface area contributed by atoms with Gasteiger partial charge in [0, 0.05) is 6.92 Å². The van der Waals surface area contributed by atoms with E-state index in [-0.39, 0.29) is 19.8 Å². The standard InChI is InChI=1S/C10H14N2O6/c1-6(13)11-7(10(16)17-2)3-12-8(14)4-18-5-9(12)15/h7H,3-5H2,1-2H3,(H,11,13). The van der Waals surface area contributed by atoms with Crippen LogP contribution in [-0.4, -0.2) is 61.5 Å². The second-order valence-electron chi connectivity index (χ2n) is 3.67. The van der Waals surface area contributed by atoms with Crippen LogP contribution in [-0.2, 0) is 28.7 Å². The van der Waals surface area contributed by atoms with Crippen molar-refractivity contribution < 1.29 is 28.7 Å². The Morgan fingerprint density at radius 2 is 1.94 bits per heavy atom. The van der Waals surface area contributed by atoms with Gasteiger partial charge < -0.3 is 14.8 Å². The summed E-state index contributed by atoms with van der Waals surface area (Å²) < 4.78 is 9.22. The average Bonchev–Trinajstić information content (AvgIpc) is 2.31. The lowest BCUT2D eigenvalue weighted by molar-refractivity contribution is -0.160. The number of ether oxygens (including phenoxy) is 2. The van der Waals surface area contributed by atoms with E-state index < -0.39 is 29.7 Å². The minimum Gasteiger partial charge on any atom is -0.467 e. The molecule has 1 aliphatic rings. The van der Waals surface area contributed by atoms with Gasteiger partial charge >= 0.3 is 5.97 Å². The Balaban J connectivity index is 2.74. The molecule has 1 unspecified atom stereocenters. The topological polar surface area (TPSA) is 102 Å². The summed E-state index contributed by atoms with van der Waals surface area (Å²) in [5.41, 5.74) is 0. The molecule has 1 heterocycles. The summed E-state index contributed by atoms with van der Waals surface area (Å²) in [4.78, 5) is 46.1. The fraction of sp³-hybridized carbons (Fsp3) is 0.600. The predicted molar refractivity (Wildman–Crippen MR) is 57.2 cm³/mol. The first kappa shape index (κ1) is 14.1. The van der Waals surface area contributed by atoms with Crippen molar-refractivity contribution >= 4 is 23.7 Å². The van der Waals surface area contributed by atoms with E-state index in [1.54, 1.807) is 0 Å². The number of morpholine rings is 1. The van der Waals surface area contributed by atoms with Gasteiger partial charge in [0.15, 0.2) is 0 Å². The number of hydrogen-bond donors (Lipinski definition) is 1. The van der Waals surface area contributed by atoms with Gasteiger partial charge in [-0.3, -0.25) is 19.3 Å². The van der Waals surface area contributed by atoms with Gasteiger partial charge in [0.1, 0.15) is 19.3 Å². The molecule has 1 N–H and O–H groups in total. The highest BCUT2D eigenvalue weighted by molar-refractivity contribution is 5.99. The summed E-state index contributed by atoms with van der Waals surface area (Å²) >= 11 is 0. The number of hydrogen-bond acceptors (Lipinski definition) is 6. The largest absolute Gasteiger partial charge is 0.467 e. The van der Waals surface area contributed by atoms with Crippen molar-refractivity contribution in [2.45, 2.75) is 13.0 Å². The number of carbonyl (C=O) groups is 4. The molecule has 100 valence electrons. The molecule has 0 saturated carbocycles. The molecule has 0 aromatic heterocycles. The van der Waals surface area contributed by atoms with E-state index in [1.807, 2.05) is 0 Å². The molecule has 8 heteroatoms. The van der Waals surface area contributed by atoms with Gasteiger partial charge in [-0.2, -0.15) is 0 Å². The Morgan fingerprint density at radius 3 is 2.39 bits per heavy atom. The number of nitrogens with one attached hydrogen (secondary N) is 1. The van der Waals surface area contributed by atoms with Crippen LogP contribution >= 0.6 is 0 Å². The lowest BCUT2D eigenvalue weighted by atomic mass is 10.2. The van der Waals surface area contributed by atoms with Crippen molar-refractivity contribution in [3.8, 4) is 0 Å². The number of amides is 3. The molecule has 0 aromatic carbocycles. The van der Waals surface area contributed by atoms with Gasteiger partial charge in [0.2, 0.25) is 5.91 Å². The van der Waals surface area contributed by atoms with E-state index in [1.165, 1.54) is 6.92 Å². The third kappa shape index (κ3) is 3.52. The van der Waals surface area contributed by atoms with Crippen LogP contribution in [0.2, 0.25) is 0 Å². The molecular weight excluding hydrogens is 244 g/mol. The quantitative estimate of drug-likeness (QED) is 0.464. The van der Waals surface area contributed by atoms with Crippen LogP contribution in [0.15, 0.2) is 0 Å². The van der Waals surface area contributed by atoms with E-state index in [0.717, 1.165) is 12.0 Å². The third-order valence-electron chi connectivity index (χ3n) is 2.28. The lowest BCUT2D eigenvalue weighted by Gasteiger charge is -2.27. The molecular formula is C10H14N2O6. The number of nitrogens with zero attached hydrogens (tertiary/aromatic N) is 1. The van der Waals surface area contributed by atoms with Crippen LogP contribution in [0, 0.1) is 0 Å². The maximum Gasteiger partial charge on any atom is 0.330 e. The zero-order chi connectivity index (χ0) is 13.7. The van der Waals surface area contributed by atoms with Crippen LogP contribution in [0.3, 0.4) is 0 Å². The Morgan fingerprint density at radius 1 is 1.39 bits per heavy atom. The molecule has 0 aromatic rings. The normalized spacial score (nSPS) is 17.3. The van der Waals surface area contributed by atoms with E-state index in [4.69, 9.17) is 4.74 Å². The number of imide groups is 1. The summed E-state index contributed by atoms with van der Waals surface area (Å²) in [7, 11) is 1.15. The van der Waals surface area contributed by atoms with Crippen LogP contribution in [0.1, 0.15) is 6.92 Å². The van der Waals surface area contributed by atoms with Crippen molar-refractivity contribution in [2.24, 2.45) is 0 Å². The van der Waals surface area contributed by atoms with Gasteiger partial charge in [-0.1, -0.05) is 0 Å². The number of carbonyl (C=O) groups excluding carboxylic acids is 4. The van der Waals surface area contributed by atoms with E-state index in [2.05, 4.69) is 10.1 Å². The second kappa shape index (κ2) is 6.10. The summed E-state index contributed by atoms with van der Waals surface area (Å²) in [6, 6.07) is -1.07. The smallest absolute Gasteiger partial charge is 0.330 e. The van der Waals surface area contributed by atoms with E-state index in [9.17, 15) is 19.2 Å². The summed E-state index contributed by atoms with van der Waals surface area (Å²) in [6.45, 7) is 0.519. The molecule has 18 heavy (non-hydrogen) atoms. The second-order valence-corrected chi connectivity index (χ2v) is 3.67. The van der Waals surface area contributed by atoms with Crippen molar-refractivity contribution in [1.82, 2.24) is 10.2 Å². The molecule has 1 fully saturated rings. The first-order chi connectivity index (χ1) is 8.45. The molecule has 3 amide bonds. The van der Waals surface area contributed by atoms with E-state index in [0.29, 0.717) is 0 Å². The zero-order valence-corrected chi connectivity index (χ0v) is 10.1. The Kier molecular flexibility index (Phi) is 4.78. The molecule has 0 spiro atoms. The molecule has 8 nitrogen and oxygen atoms in total. The maximum absolute atomic E-state index is 11.5. The fourth-order valence-electron chi connectivity index (χ4n) is 1.47. The van der Waals surface area contributed by atoms with Crippen molar-refractivity contribution in [2.75, 3.05) is 26.9 Å². The van der Waals surface area contributed by atoms with Crippen LogP contribution in [0.25, 0.3) is 0 Å². The summed E-state index contributed by atoms with van der Waals surface area (Å²) in [6.07, 6.45) is 0. The zero-order valence-electron chi connectivity index (χ0n) is 10.1. The molecule has 0 aliphatic carbocycles. The molecule has 1 saturated heterocycles. The van der Waals surface area contributed by atoms with Crippen LogP contribution in [0.5, 0.6) is 0 Å². The minimum atomic E-state index is -1.07. The maximum atomic E-state index is 11.5. The van der Waals surface area contributed by atoms with Crippen molar-refractivity contribution in [1.29, 1.82) is 0 Å². The van der Waals surface area contributed by atoms with Crippen molar-refractivity contribution in [3.05, 3.63) is 0 Å². The van der Waals surface area contributed by atoms with Gasteiger partial charge in [-0.05, 0) is 0 Å². The molecule has 1 aliphatic heterocycles. The highest BCUT2D eigenvalue weighted by Crippen LogP contribution is 2.03. The fourth-order valence-corrected chi connectivity index (χ4v) is 1.47. The van der Waals surface area contributed by atoms with E-state index >= 15 is 0 Å². The van der Waals surface area contributed by atoms with Gasteiger partial charge in [0.05, 0.1) is 13.7 Å². The first-order valence-corrected chi connectivity index (χ1v) is 5.21. The summed E-state index contributed by atoms with van der Waals surface area (Å²) in [5, 5.41) is 2.32. The van der Waals surface area contributed by atoms with Crippen LogP contribution < -0.4 is 5.32 Å². The highest BCUT2D eigenvalue weighted by Gasteiger charge is 2.32. The Bertz CT molecular complexity index is 365. The van der Waals surface area contributed by atoms with Gasteiger partial charge in [-0.25, -0.2) is 4.79 Å². The molecule has 1 rings (SSSR count). The molecule has 0 bridgehead atoms. The molecule has 0 radical (unpaired) electrons. The van der Waals surface area contributed by atoms with Gasteiger partial charge in [0.25, 0.3) is 11.8 Å². The Labute approximate surface area is 103 Å². The molecule has 1 atom stereocenters. The van der Waals surface area contributed by atoms with Gasteiger partial charge in [-0.15, -0.1) is 0 Å². The number of esters is 1. The lowest BCUT2D eigenvalue weighted by Crippen LogP contribution is -2.55. The average molecular weight is 258 g/mol. The minimum absolute atomic E-state index is 0.223. The summed E-state index contributed by atoms with van der Waals surface area (Å²) in [5.74, 6) is -2.29. The van der Waals surface area contributed by atoms with Crippen LogP contribution in [0.4, 0.5) is 0 Å². The van der Waals surface area contributed by atoms with Crippen molar-refractivity contribution in [3.63, 3.8) is 0 Å². The number of rotatable bonds is 4. The first-order valence-electron chi connectivity index (χ1n) is 5.21. The monoisotopic (exact) mass is 258 g/mol. The number of methoxy groups -OCH3 is 1. The SMILES string of the molecule is COC(=O)C(CN1C(=O)COCC1=O)NC(C)=O. The highest BCUT2D eigenvalue weighted by atomic mass is 16.5.